The number of hydrogen-bond donors (Lipinski definition) is 1. The van der Waals surface area contributed by atoms with Crippen LogP contribution in [0, 0.1) is 0 Å². The van der Waals surface area contributed by atoms with Gasteiger partial charge in [-0.3, -0.25) is 0 Å². The van der Waals surface area contributed by atoms with Gasteiger partial charge in [0.25, 0.3) is 0 Å². The summed E-state index contributed by atoms with van der Waals surface area (Å²) in [6.45, 7) is 0.295. The highest BCUT2D eigenvalue weighted by Crippen LogP contribution is 2.21. The smallest absolute Gasteiger partial charge is 0.0438 e. The first-order chi connectivity index (χ1) is 6.34. The Balaban J connectivity index is 2.32. The van der Waals surface area contributed by atoms with Crippen LogP contribution in [0.2, 0.25) is 0 Å². The first-order valence-electron chi connectivity index (χ1n) is 4.26. The fourth-order valence-corrected chi connectivity index (χ4v) is 2.52. The summed E-state index contributed by atoms with van der Waals surface area (Å²) < 4.78 is 1.17. The first kappa shape index (κ1) is 11.1. The fraction of sp³-hybridized carbons (Fsp3) is 0.400. The molecule has 0 heterocycles. The number of thioether (sulfide) groups is 1. The highest BCUT2D eigenvalue weighted by Gasteiger charge is 1.97. The molecule has 0 unspecified atom stereocenters. The number of aliphatic hydroxyl groups is 1. The van der Waals surface area contributed by atoms with Gasteiger partial charge in [-0.25, -0.2) is 0 Å². The lowest BCUT2D eigenvalue weighted by atomic mass is 10.2. The highest BCUT2D eigenvalue weighted by atomic mass is 79.9. The molecule has 0 saturated heterocycles. The van der Waals surface area contributed by atoms with E-state index in [1.807, 2.05) is 23.9 Å². The van der Waals surface area contributed by atoms with Crippen LogP contribution in [0.5, 0.6) is 0 Å². The van der Waals surface area contributed by atoms with Crippen molar-refractivity contribution >= 4 is 27.7 Å². The fourth-order valence-electron chi connectivity index (χ4n) is 0.964. The first-order valence-corrected chi connectivity index (χ1v) is 6.21. The molecule has 0 aromatic heterocycles. The highest BCUT2D eigenvalue weighted by molar-refractivity contribution is 9.10. The van der Waals surface area contributed by atoms with Crippen LogP contribution in [0.15, 0.2) is 28.7 Å². The predicted molar refractivity (Wildman–Crippen MR) is 62.0 cm³/mol. The molecule has 0 aliphatic heterocycles. The molecule has 13 heavy (non-hydrogen) atoms. The molecule has 0 bridgehead atoms. The van der Waals surface area contributed by atoms with Crippen molar-refractivity contribution < 1.29 is 5.11 Å². The van der Waals surface area contributed by atoms with E-state index in [9.17, 15) is 0 Å². The predicted octanol–water partition coefficient (Wildman–Crippen LogP) is 3.06. The molecule has 0 saturated carbocycles. The Kier molecular flexibility index (Phi) is 5.51. The van der Waals surface area contributed by atoms with Crippen molar-refractivity contribution in [1.29, 1.82) is 0 Å². The summed E-state index contributed by atoms with van der Waals surface area (Å²) in [5, 5.41) is 8.60. The Bertz CT molecular complexity index is 252. The molecule has 72 valence electrons. The van der Waals surface area contributed by atoms with Crippen LogP contribution >= 0.6 is 27.7 Å². The molecule has 0 amide bonds. The number of aliphatic hydroxyl groups excluding tert-OH is 1. The summed E-state index contributed by atoms with van der Waals surface area (Å²) in [7, 11) is 0. The van der Waals surface area contributed by atoms with Crippen molar-refractivity contribution in [1.82, 2.24) is 0 Å². The molecule has 1 N–H and O–H groups in total. The second-order valence-electron chi connectivity index (χ2n) is 2.72. The van der Waals surface area contributed by atoms with Gasteiger partial charge >= 0.3 is 0 Å². The third kappa shape index (κ3) is 4.16. The average Bonchev–Trinajstić information content (AvgIpc) is 2.15. The molecule has 1 aromatic rings. The summed E-state index contributed by atoms with van der Waals surface area (Å²) in [6, 6.07) is 8.25. The minimum absolute atomic E-state index is 0.295. The zero-order valence-corrected chi connectivity index (χ0v) is 9.77. The second-order valence-corrected chi connectivity index (χ2v) is 4.68. The largest absolute Gasteiger partial charge is 0.396 e. The van der Waals surface area contributed by atoms with Crippen LogP contribution in [0.4, 0.5) is 0 Å². The molecule has 0 aliphatic rings. The maximum absolute atomic E-state index is 8.60. The molecule has 0 atom stereocenters. The average molecular weight is 261 g/mol. The Hall–Kier alpha value is 0.01000. The topological polar surface area (TPSA) is 20.2 Å². The van der Waals surface area contributed by atoms with E-state index in [2.05, 4.69) is 28.1 Å². The number of halogens is 1. The van der Waals surface area contributed by atoms with E-state index in [1.54, 1.807) is 0 Å². The lowest BCUT2D eigenvalue weighted by Gasteiger charge is -2.02. The summed E-state index contributed by atoms with van der Waals surface area (Å²) in [5.41, 5.74) is 1.32. The number of benzene rings is 1. The standard InChI is InChI=1S/C10H13BrOS/c11-10-5-2-1-4-9(10)8-13-7-3-6-12/h1-2,4-5,12H,3,6-8H2. The quantitative estimate of drug-likeness (QED) is 0.822. The van der Waals surface area contributed by atoms with Crippen molar-refractivity contribution in [3.8, 4) is 0 Å². The Morgan fingerprint density at radius 2 is 2.08 bits per heavy atom. The second kappa shape index (κ2) is 6.46. The van der Waals surface area contributed by atoms with E-state index in [-0.39, 0.29) is 0 Å². The van der Waals surface area contributed by atoms with E-state index < -0.39 is 0 Å². The van der Waals surface area contributed by atoms with Gasteiger partial charge in [0.05, 0.1) is 0 Å². The van der Waals surface area contributed by atoms with Gasteiger partial charge in [-0.2, -0.15) is 11.8 Å². The third-order valence-electron chi connectivity index (χ3n) is 1.66. The van der Waals surface area contributed by atoms with E-state index in [0.29, 0.717) is 6.61 Å². The van der Waals surface area contributed by atoms with Crippen LogP contribution < -0.4 is 0 Å². The van der Waals surface area contributed by atoms with Crippen molar-refractivity contribution in [3.63, 3.8) is 0 Å². The van der Waals surface area contributed by atoms with Crippen LogP contribution in [0.1, 0.15) is 12.0 Å². The molecule has 3 heteroatoms. The lowest BCUT2D eigenvalue weighted by molar-refractivity contribution is 0.296. The van der Waals surface area contributed by atoms with Gasteiger partial charge in [0.15, 0.2) is 0 Å². The zero-order chi connectivity index (χ0) is 9.52. The molecule has 0 radical (unpaired) electrons. The molecule has 0 fully saturated rings. The van der Waals surface area contributed by atoms with Crippen molar-refractivity contribution in [2.75, 3.05) is 12.4 Å². The SMILES string of the molecule is OCCCSCc1ccccc1Br. The Labute approximate surface area is 91.7 Å². The maximum atomic E-state index is 8.60. The van der Waals surface area contributed by atoms with Crippen molar-refractivity contribution in [2.24, 2.45) is 0 Å². The van der Waals surface area contributed by atoms with Gasteiger partial charge in [0.1, 0.15) is 0 Å². The van der Waals surface area contributed by atoms with Crippen molar-refractivity contribution in [3.05, 3.63) is 34.3 Å². The number of hydrogen-bond acceptors (Lipinski definition) is 2. The van der Waals surface area contributed by atoms with Gasteiger partial charge < -0.3 is 5.11 Å². The summed E-state index contributed by atoms with van der Waals surface area (Å²) in [5.74, 6) is 2.04. The lowest BCUT2D eigenvalue weighted by Crippen LogP contribution is -1.88. The molecule has 1 aromatic carbocycles. The van der Waals surface area contributed by atoms with E-state index in [1.165, 1.54) is 10.0 Å². The van der Waals surface area contributed by atoms with Gasteiger partial charge in [-0.05, 0) is 23.8 Å². The molecular formula is C10H13BrOS. The monoisotopic (exact) mass is 260 g/mol. The van der Waals surface area contributed by atoms with Crippen LogP contribution in [0.3, 0.4) is 0 Å². The van der Waals surface area contributed by atoms with Crippen LogP contribution in [0.25, 0.3) is 0 Å². The Morgan fingerprint density at radius 3 is 2.77 bits per heavy atom. The van der Waals surface area contributed by atoms with E-state index in [0.717, 1.165) is 17.9 Å². The normalized spacial score (nSPS) is 10.3. The van der Waals surface area contributed by atoms with E-state index >= 15 is 0 Å². The summed E-state index contributed by atoms with van der Waals surface area (Å²) >= 11 is 5.36. The molecule has 1 rings (SSSR count). The molecule has 0 aliphatic carbocycles. The number of rotatable bonds is 5. The van der Waals surface area contributed by atoms with Gasteiger partial charge in [-0.1, -0.05) is 34.1 Å². The van der Waals surface area contributed by atoms with Crippen molar-refractivity contribution in [2.45, 2.75) is 12.2 Å². The minimum atomic E-state index is 0.295. The van der Waals surface area contributed by atoms with Crippen LogP contribution in [-0.2, 0) is 5.75 Å². The molecular weight excluding hydrogens is 248 g/mol. The van der Waals surface area contributed by atoms with E-state index in [4.69, 9.17) is 5.11 Å². The summed E-state index contributed by atoms with van der Waals surface area (Å²) in [4.78, 5) is 0. The molecule has 0 spiro atoms. The summed E-state index contributed by atoms with van der Waals surface area (Å²) in [6.07, 6.45) is 0.884. The Morgan fingerprint density at radius 1 is 1.31 bits per heavy atom. The zero-order valence-electron chi connectivity index (χ0n) is 7.37. The van der Waals surface area contributed by atoms with Crippen LogP contribution in [-0.4, -0.2) is 17.5 Å². The van der Waals surface area contributed by atoms with Gasteiger partial charge in [0, 0.05) is 16.8 Å². The molecule has 1 nitrogen and oxygen atoms in total. The maximum Gasteiger partial charge on any atom is 0.0438 e. The third-order valence-corrected chi connectivity index (χ3v) is 3.53. The minimum Gasteiger partial charge on any atom is -0.396 e. The van der Waals surface area contributed by atoms with Gasteiger partial charge in [-0.15, -0.1) is 0 Å². The van der Waals surface area contributed by atoms with Gasteiger partial charge in [0.2, 0.25) is 0 Å².